The Bertz CT molecular complexity index is 334. The third-order valence-corrected chi connectivity index (χ3v) is 2.54. The van der Waals surface area contributed by atoms with Crippen LogP contribution in [-0.4, -0.2) is 17.6 Å². The minimum atomic E-state index is -0.387. The van der Waals surface area contributed by atoms with E-state index in [-0.39, 0.29) is 5.95 Å². The van der Waals surface area contributed by atoms with Crippen molar-refractivity contribution in [2.75, 3.05) is 11.4 Å². The van der Waals surface area contributed by atoms with Gasteiger partial charge in [0.2, 0.25) is 5.95 Å². The smallest absolute Gasteiger partial charge is 0.214 e. The molecule has 0 atom stereocenters. The SMILES string of the molecule is CC(C)CN(c1cccc(F)n1)C1CC1. The molecule has 0 N–H and O–H groups in total. The van der Waals surface area contributed by atoms with Crippen LogP contribution in [0.15, 0.2) is 18.2 Å². The number of nitrogens with zero attached hydrogens (tertiary/aromatic N) is 2. The van der Waals surface area contributed by atoms with Crippen LogP contribution in [0.1, 0.15) is 26.7 Å². The molecule has 2 nitrogen and oxygen atoms in total. The van der Waals surface area contributed by atoms with Gasteiger partial charge in [0.25, 0.3) is 0 Å². The molecule has 1 aliphatic rings. The predicted octanol–water partition coefficient (Wildman–Crippen LogP) is 2.85. The number of halogens is 1. The largest absolute Gasteiger partial charge is 0.353 e. The van der Waals surface area contributed by atoms with Gasteiger partial charge in [-0.15, -0.1) is 0 Å². The first-order chi connectivity index (χ1) is 7.16. The van der Waals surface area contributed by atoms with E-state index in [1.807, 2.05) is 6.07 Å². The first kappa shape index (κ1) is 10.4. The monoisotopic (exact) mass is 208 g/mol. The van der Waals surface area contributed by atoms with Gasteiger partial charge in [0.15, 0.2) is 0 Å². The van der Waals surface area contributed by atoms with Gasteiger partial charge >= 0.3 is 0 Å². The molecule has 1 aliphatic carbocycles. The summed E-state index contributed by atoms with van der Waals surface area (Å²) >= 11 is 0. The Labute approximate surface area is 90.1 Å². The molecule has 0 saturated heterocycles. The summed E-state index contributed by atoms with van der Waals surface area (Å²) in [5, 5.41) is 0. The van der Waals surface area contributed by atoms with Crippen LogP contribution in [0.2, 0.25) is 0 Å². The van der Waals surface area contributed by atoms with E-state index in [1.54, 1.807) is 6.07 Å². The van der Waals surface area contributed by atoms with Crippen molar-refractivity contribution in [3.63, 3.8) is 0 Å². The number of hydrogen-bond acceptors (Lipinski definition) is 2. The molecule has 82 valence electrons. The lowest BCUT2D eigenvalue weighted by Crippen LogP contribution is -2.30. The molecule has 1 fully saturated rings. The first-order valence-electron chi connectivity index (χ1n) is 5.56. The van der Waals surface area contributed by atoms with E-state index < -0.39 is 0 Å². The lowest BCUT2D eigenvalue weighted by Gasteiger charge is -2.25. The van der Waals surface area contributed by atoms with Gasteiger partial charge < -0.3 is 4.90 Å². The van der Waals surface area contributed by atoms with Crippen molar-refractivity contribution in [1.29, 1.82) is 0 Å². The van der Waals surface area contributed by atoms with E-state index in [4.69, 9.17) is 0 Å². The normalized spacial score (nSPS) is 15.7. The van der Waals surface area contributed by atoms with Crippen molar-refractivity contribution in [3.05, 3.63) is 24.1 Å². The van der Waals surface area contributed by atoms with E-state index >= 15 is 0 Å². The standard InChI is InChI=1S/C12H17FN2/c1-9(2)8-15(10-6-7-10)12-5-3-4-11(13)14-12/h3-5,9-10H,6-8H2,1-2H3. The van der Waals surface area contributed by atoms with E-state index in [0.717, 1.165) is 12.4 Å². The average Bonchev–Trinajstić information content (AvgIpc) is 2.97. The number of anilines is 1. The van der Waals surface area contributed by atoms with Crippen molar-refractivity contribution in [1.82, 2.24) is 4.98 Å². The molecule has 0 spiro atoms. The Morgan fingerprint density at radius 2 is 2.20 bits per heavy atom. The van der Waals surface area contributed by atoms with Crippen LogP contribution in [-0.2, 0) is 0 Å². The Morgan fingerprint density at radius 3 is 2.73 bits per heavy atom. The highest BCUT2D eigenvalue weighted by Gasteiger charge is 2.30. The Hall–Kier alpha value is -1.12. The summed E-state index contributed by atoms with van der Waals surface area (Å²) in [6.45, 7) is 5.31. The molecule has 1 saturated carbocycles. The molecule has 0 amide bonds. The molecular weight excluding hydrogens is 191 g/mol. The minimum absolute atomic E-state index is 0.387. The molecule has 0 radical (unpaired) electrons. The van der Waals surface area contributed by atoms with Gasteiger partial charge in [-0.1, -0.05) is 19.9 Å². The Kier molecular flexibility index (Phi) is 2.89. The van der Waals surface area contributed by atoms with Crippen LogP contribution in [0.25, 0.3) is 0 Å². The maximum absolute atomic E-state index is 13.0. The van der Waals surface area contributed by atoms with Gasteiger partial charge in [-0.2, -0.15) is 4.39 Å². The zero-order chi connectivity index (χ0) is 10.8. The van der Waals surface area contributed by atoms with Crippen molar-refractivity contribution < 1.29 is 4.39 Å². The number of hydrogen-bond donors (Lipinski definition) is 0. The van der Waals surface area contributed by atoms with Crippen molar-refractivity contribution in [2.24, 2.45) is 5.92 Å². The highest BCUT2D eigenvalue weighted by molar-refractivity contribution is 5.41. The fourth-order valence-corrected chi connectivity index (χ4v) is 1.77. The second-order valence-corrected chi connectivity index (χ2v) is 4.60. The van der Waals surface area contributed by atoms with Crippen molar-refractivity contribution >= 4 is 5.82 Å². The topological polar surface area (TPSA) is 16.1 Å². The third kappa shape index (κ3) is 2.67. The van der Waals surface area contributed by atoms with E-state index in [2.05, 4.69) is 23.7 Å². The lowest BCUT2D eigenvalue weighted by molar-refractivity contribution is 0.567. The average molecular weight is 208 g/mol. The molecule has 0 aliphatic heterocycles. The van der Waals surface area contributed by atoms with Crippen LogP contribution in [0.3, 0.4) is 0 Å². The second kappa shape index (κ2) is 4.17. The zero-order valence-electron chi connectivity index (χ0n) is 9.28. The Morgan fingerprint density at radius 1 is 1.47 bits per heavy atom. The minimum Gasteiger partial charge on any atom is -0.353 e. The van der Waals surface area contributed by atoms with Crippen molar-refractivity contribution in [2.45, 2.75) is 32.7 Å². The summed E-state index contributed by atoms with van der Waals surface area (Å²) in [4.78, 5) is 6.18. The molecule has 2 rings (SSSR count). The summed E-state index contributed by atoms with van der Waals surface area (Å²) < 4.78 is 13.0. The van der Waals surface area contributed by atoms with Crippen molar-refractivity contribution in [3.8, 4) is 0 Å². The summed E-state index contributed by atoms with van der Waals surface area (Å²) in [6, 6.07) is 5.60. The highest BCUT2D eigenvalue weighted by Crippen LogP contribution is 2.31. The zero-order valence-corrected chi connectivity index (χ0v) is 9.28. The highest BCUT2D eigenvalue weighted by atomic mass is 19.1. The molecule has 1 heterocycles. The van der Waals surface area contributed by atoms with Crippen LogP contribution in [0.5, 0.6) is 0 Å². The number of pyridine rings is 1. The molecule has 0 aromatic carbocycles. The summed E-state index contributed by atoms with van der Waals surface area (Å²) in [5.74, 6) is 0.976. The van der Waals surface area contributed by atoms with E-state index in [0.29, 0.717) is 12.0 Å². The molecule has 1 aromatic rings. The second-order valence-electron chi connectivity index (χ2n) is 4.60. The molecule has 0 bridgehead atoms. The fourth-order valence-electron chi connectivity index (χ4n) is 1.77. The van der Waals surface area contributed by atoms with E-state index in [1.165, 1.54) is 18.9 Å². The van der Waals surface area contributed by atoms with E-state index in [9.17, 15) is 4.39 Å². The first-order valence-corrected chi connectivity index (χ1v) is 5.56. The third-order valence-electron chi connectivity index (χ3n) is 2.54. The molecule has 1 aromatic heterocycles. The maximum atomic E-state index is 13.0. The summed E-state index contributed by atoms with van der Waals surface area (Å²) in [7, 11) is 0. The number of aromatic nitrogens is 1. The van der Waals surface area contributed by atoms with Gasteiger partial charge in [0, 0.05) is 12.6 Å². The fraction of sp³-hybridized carbons (Fsp3) is 0.583. The molecule has 15 heavy (non-hydrogen) atoms. The van der Waals surface area contributed by atoms with Gasteiger partial charge in [0.05, 0.1) is 0 Å². The Balaban J connectivity index is 2.16. The van der Waals surface area contributed by atoms with Gasteiger partial charge in [-0.3, -0.25) is 0 Å². The molecular formula is C12H17FN2. The predicted molar refractivity (Wildman–Crippen MR) is 59.4 cm³/mol. The van der Waals surface area contributed by atoms with Gasteiger partial charge in [-0.25, -0.2) is 4.98 Å². The quantitative estimate of drug-likeness (QED) is 0.707. The lowest BCUT2D eigenvalue weighted by atomic mass is 10.2. The summed E-state index contributed by atoms with van der Waals surface area (Å²) in [5.41, 5.74) is 0. The van der Waals surface area contributed by atoms with Gasteiger partial charge in [-0.05, 0) is 30.9 Å². The van der Waals surface area contributed by atoms with Gasteiger partial charge in [0.1, 0.15) is 5.82 Å². The van der Waals surface area contributed by atoms with Crippen LogP contribution < -0.4 is 4.90 Å². The van der Waals surface area contributed by atoms with Crippen LogP contribution >= 0.6 is 0 Å². The molecule has 3 heteroatoms. The molecule has 0 unspecified atom stereocenters. The number of rotatable bonds is 4. The summed E-state index contributed by atoms with van der Waals surface area (Å²) in [6.07, 6.45) is 2.43. The van der Waals surface area contributed by atoms with Crippen LogP contribution in [0, 0.1) is 11.9 Å². The van der Waals surface area contributed by atoms with Crippen LogP contribution in [0.4, 0.5) is 10.2 Å². The maximum Gasteiger partial charge on any atom is 0.214 e.